The number of benzene rings is 1. The van der Waals surface area contributed by atoms with Gasteiger partial charge in [0.15, 0.2) is 0 Å². The molecular weight excluding hydrogens is 286 g/mol. The molecule has 6 heteroatoms. The summed E-state index contributed by atoms with van der Waals surface area (Å²) in [6, 6.07) is 5.86. The largest absolute Gasteiger partial charge is 0.385 e. The van der Waals surface area contributed by atoms with E-state index in [0.29, 0.717) is 0 Å². The minimum absolute atomic E-state index is 0.0244. The van der Waals surface area contributed by atoms with E-state index in [1.807, 2.05) is 18.2 Å². The molecule has 0 aliphatic carbocycles. The van der Waals surface area contributed by atoms with E-state index in [0.717, 1.165) is 37.2 Å². The van der Waals surface area contributed by atoms with Crippen LogP contribution in [0.4, 0.5) is 5.69 Å². The van der Waals surface area contributed by atoms with Crippen molar-refractivity contribution in [3.8, 4) is 0 Å². The number of nitrogens with one attached hydrogen (secondary N) is 2. The molecule has 0 saturated carbocycles. The van der Waals surface area contributed by atoms with Crippen molar-refractivity contribution < 1.29 is 8.42 Å². The van der Waals surface area contributed by atoms with Gasteiger partial charge in [0.05, 0.1) is 5.75 Å². The minimum atomic E-state index is -3.23. The first-order chi connectivity index (χ1) is 9.88. The van der Waals surface area contributed by atoms with Crippen molar-refractivity contribution in [3.05, 3.63) is 29.3 Å². The molecular formula is C15H27N3O2S. The highest BCUT2D eigenvalue weighted by atomic mass is 32.2. The molecule has 0 heterocycles. The Balaban J connectivity index is 2.89. The van der Waals surface area contributed by atoms with Crippen LogP contribution >= 0.6 is 0 Å². The highest BCUT2D eigenvalue weighted by Gasteiger charge is 2.11. The molecule has 120 valence electrons. The molecule has 0 fully saturated rings. The van der Waals surface area contributed by atoms with Crippen LogP contribution in [0.25, 0.3) is 0 Å². The van der Waals surface area contributed by atoms with Crippen molar-refractivity contribution in [1.82, 2.24) is 9.62 Å². The monoisotopic (exact) mass is 313 g/mol. The highest BCUT2D eigenvalue weighted by molar-refractivity contribution is 7.88. The number of aryl methyl sites for hydroxylation is 1. The van der Waals surface area contributed by atoms with Crippen LogP contribution in [-0.4, -0.2) is 47.6 Å². The molecule has 21 heavy (non-hydrogen) atoms. The predicted molar refractivity (Wildman–Crippen MR) is 89.2 cm³/mol. The van der Waals surface area contributed by atoms with Gasteiger partial charge in [-0.3, -0.25) is 0 Å². The molecule has 2 N–H and O–H groups in total. The zero-order valence-electron chi connectivity index (χ0n) is 13.4. The van der Waals surface area contributed by atoms with E-state index < -0.39 is 10.0 Å². The van der Waals surface area contributed by atoms with Crippen molar-refractivity contribution >= 4 is 15.7 Å². The molecule has 1 aromatic rings. The quantitative estimate of drug-likeness (QED) is 0.728. The number of hydrogen-bond donors (Lipinski definition) is 2. The van der Waals surface area contributed by atoms with E-state index in [4.69, 9.17) is 0 Å². The van der Waals surface area contributed by atoms with E-state index in [1.54, 1.807) is 0 Å². The fourth-order valence-corrected chi connectivity index (χ4v) is 2.95. The number of hydrogen-bond acceptors (Lipinski definition) is 4. The Kier molecular flexibility index (Phi) is 7.14. The lowest BCUT2D eigenvalue weighted by molar-refractivity contribution is 0.400. The number of sulfonamides is 1. The molecule has 0 saturated heterocycles. The molecule has 0 aromatic heterocycles. The van der Waals surface area contributed by atoms with E-state index in [2.05, 4.69) is 36.0 Å². The van der Waals surface area contributed by atoms with Crippen LogP contribution in [0, 0.1) is 0 Å². The number of nitrogens with zero attached hydrogens (tertiary/aromatic N) is 1. The van der Waals surface area contributed by atoms with Crippen molar-refractivity contribution in [1.29, 1.82) is 0 Å². The lowest BCUT2D eigenvalue weighted by atomic mass is 10.0. The summed E-state index contributed by atoms with van der Waals surface area (Å²) in [6.07, 6.45) is 1.99. The molecule has 0 aliphatic heterocycles. The standard InChI is InChI=1S/C15H27N3O2S/c1-5-17-15-9-8-13(12-21(19,20)16-2)11-14(15)7-6-10-18(3)4/h8-9,11,16-17H,5-7,10,12H2,1-4H3. The number of rotatable bonds is 9. The third-order valence-electron chi connectivity index (χ3n) is 3.26. The Morgan fingerprint density at radius 1 is 1.24 bits per heavy atom. The molecule has 0 radical (unpaired) electrons. The third kappa shape index (κ3) is 6.46. The van der Waals surface area contributed by atoms with Gasteiger partial charge in [0.1, 0.15) is 0 Å². The summed E-state index contributed by atoms with van der Waals surface area (Å²) in [7, 11) is 2.33. The molecule has 0 spiro atoms. The topological polar surface area (TPSA) is 61.4 Å². The normalized spacial score (nSPS) is 11.9. The molecule has 1 rings (SSSR count). The lowest BCUT2D eigenvalue weighted by Crippen LogP contribution is -2.20. The molecule has 1 aromatic carbocycles. The molecule has 0 amide bonds. The number of anilines is 1. The Morgan fingerprint density at radius 2 is 1.95 bits per heavy atom. The zero-order valence-corrected chi connectivity index (χ0v) is 14.3. The van der Waals surface area contributed by atoms with Crippen molar-refractivity contribution in [3.63, 3.8) is 0 Å². The van der Waals surface area contributed by atoms with Crippen LogP contribution in [0.1, 0.15) is 24.5 Å². The first-order valence-corrected chi connectivity index (χ1v) is 8.94. The summed E-state index contributed by atoms with van der Waals surface area (Å²) in [6.45, 7) is 3.93. The highest BCUT2D eigenvalue weighted by Crippen LogP contribution is 2.20. The fraction of sp³-hybridized carbons (Fsp3) is 0.600. The Morgan fingerprint density at radius 3 is 2.52 bits per heavy atom. The Hall–Kier alpha value is -1.11. The zero-order chi connectivity index (χ0) is 15.9. The summed E-state index contributed by atoms with van der Waals surface area (Å²) in [4.78, 5) is 2.15. The molecule has 0 aliphatic rings. The van der Waals surface area contributed by atoms with E-state index >= 15 is 0 Å². The average Bonchev–Trinajstić information content (AvgIpc) is 2.41. The maximum absolute atomic E-state index is 11.7. The van der Waals surface area contributed by atoms with E-state index in [1.165, 1.54) is 12.6 Å². The lowest BCUT2D eigenvalue weighted by Gasteiger charge is -2.14. The van der Waals surface area contributed by atoms with Crippen LogP contribution < -0.4 is 10.0 Å². The van der Waals surface area contributed by atoms with Gasteiger partial charge in [0, 0.05) is 12.2 Å². The van der Waals surface area contributed by atoms with Crippen molar-refractivity contribution in [2.45, 2.75) is 25.5 Å². The van der Waals surface area contributed by atoms with Crippen LogP contribution in [0.3, 0.4) is 0 Å². The summed E-state index contributed by atoms with van der Waals surface area (Å²) in [5.74, 6) is 0.0244. The van der Waals surface area contributed by atoms with Gasteiger partial charge in [-0.2, -0.15) is 0 Å². The van der Waals surface area contributed by atoms with Crippen LogP contribution in [0.2, 0.25) is 0 Å². The van der Waals surface area contributed by atoms with Crippen molar-refractivity contribution in [2.75, 3.05) is 39.5 Å². The maximum Gasteiger partial charge on any atom is 0.215 e. The van der Waals surface area contributed by atoms with Crippen LogP contribution in [-0.2, 0) is 22.2 Å². The first-order valence-electron chi connectivity index (χ1n) is 7.29. The molecule has 0 unspecified atom stereocenters. The third-order valence-corrected chi connectivity index (χ3v) is 4.59. The molecule has 0 atom stereocenters. The van der Waals surface area contributed by atoms with Gasteiger partial charge in [0.2, 0.25) is 10.0 Å². The van der Waals surface area contributed by atoms with Gasteiger partial charge in [-0.25, -0.2) is 13.1 Å². The van der Waals surface area contributed by atoms with Gasteiger partial charge in [-0.15, -0.1) is 0 Å². The summed E-state index contributed by atoms with van der Waals surface area (Å²) < 4.78 is 25.7. The van der Waals surface area contributed by atoms with E-state index in [-0.39, 0.29) is 5.75 Å². The Bertz CT molecular complexity index is 542. The second kappa shape index (κ2) is 8.36. The van der Waals surface area contributed by atoms with Gasteiger partial charge >= 0.3 is 0 Å². The molecule has 0 bridgehead atoms. The SMILES string of the molecule is CCNc1ccc(CS(=O)(=O)NC)cc1CCCN(C)C. The average molecular weight is 313 g/mol. The summed E-state index contributed by atoms with van der Waals surface area (Å²) in [5.41, 5.74) is 3.11. The van der Waals surface area contributed by atoms with Crippen LogP contribution in [0.5, 0.6) is 0 Å². The minimum Gasteiger partial charge on any atom is -0.385 e. The second-order valence-corrected chi connectivity index (χ2v) is 7.32. The van der Waals surface area contributed by atoms with Gasteiger partial charge < -0.3 is 10.2 Å². The maximum atomic E-state index is 11.7. The summed E-state index contributed by atoms with van der Waals surface area (Å²) >= 11 is 0. The van der Waals surface area contributed by atoms with E-state index in [9.17, 15) is 8.42 Å². The predicted octanol–water partition coefficient (Wildman–Crippen LogP) is 1.66. The fourth-order valence-electron chi connectivity index (χ4n) is 2.18. The van der Waals surface area contributed by atoms with Crippen LogP contribution in [0.15, 0.2) is 18.2 Å². The first kappa shape index (κ1) is 17.9. The Labute approximate surface area is 128 Å². The van der Waals surface area contributed by atoms with Gasteiger partial charge in [0.25, 0.3) is 0 Å². The summed E-state index contributed by atoms with van der Waals surface area (Å²) in [5, 5.41) is 3.34. The van der Waals surface area contributed by atoms with Gasteiger partial charge in [-0.05, 0) is 64.6 Å². The molecule has 5 nitrogen and oxygen atoms in total. The van der Waals surface area contributed by atoms with Crippen molar-refractivity contribution in [2.24, 2.45) is 0 Å². The van der Waals surface area contributed by atoms with Gasteiger partial charge in [-0.1, -0.05) is 12.1 Å². The second-order valence-electron chi connectivity index (χ2n) is 5.39. The smallest absolute Gasteiger partial charge is 0.215 e.